The predicted octanol–water partition coefficient (Wildman–Crippen LogP) is 7.97. The SMILES string of the molecule is CCOc1cc(OCC)c(S(OC(=O)O)(c2ccccc2)c2c(OCC)cc(OCC)cc2OCC)c(OCC)c1. The van der Waals surface area contributed by atoms with Gasteiger partial charge in [0, 0.05) is 39.5 Å². The number of hydrogen-bond acceptors (Lipinski definition) is 8. The maximum atomic E-state index is 12.7. The van der Waals surface area contributed by atoms with Gasteiger partial charge in [0.1, 0.15) is 44.3 Å². The van der Waals surface area contributed by atoms with Gasteiger partial charge in [-0.25, -0.2) is 4.79 Å². The third-order valence-corrected chi connectivity index (χ3v) is 8.94. The summed E-state index contributed by atoms with van der Waals surface area (Å²) >= 11 is 0. The zero-order valence-corrected chi connectivity index (χ0v) is 25.4. The molecule has 0 fully saturated rings. The normalized spacial score (nSPS) is 11.4. The van der Waals surface area contributed by atoms with Gasteiger partial charge >= 0.3 is 6.16 Å². The van der Waals surface area contributed by atoms with Gasteiger partial charge in [-0.15, -0.1) is 0 Å². The van der Waals surface area contributed by atoms with Crippen LogP contribution in [0.1, 0.15) is 41.5 Å². The minimum atomic E-state index is -3.22. The van der Waals surface area contributed by atoms with Crippen molar-refractivity contribution in [1.29, 1.82) is 0 Å². The summed E-state index contributed by atoms with van der Waals surface area (Å²) in [5.74, 6) is 2.48. The van der Waals surface area contributed by atoms with Gasteiger partial charge in [0.15, 0.2) is 0 Å². The first-order chi connectivity index (χ1) is 19.9. The lowest BCUT2D eigenvalue weighted by atomic mass is 10.3. The van der Waals surface area contributed by atoms with Crippen molar-refractivity contribution in [2.45, 2.75) is 56.2 Å². The van der Waals surface area contributed by atoms with Gasteiger partial charge in [-0.2, -0.15) is 0 Å². The van der Waals surface area contributed by atoms with E-state index in [1.807, 2.05) is 71.9 Å². The fourth-order valence-corrected chi connectivity index (χ4v) is 7.71. The van der Waals surface area contributed by atoms with E-state index in [1.165, 1.54) is 0 Å². The van der Waals surface area contributed by atoms with Crippen molar-refractivity contribution in [3.63, 3.8) is 0 Å². The van der Waals surface area contributed by atoms with Crippen LogP contribution in [0.2, 0.25) is 0 Å². The third kappa shape index (κ3) is 7.05. The van der Waals surface area contributed by atoms with Crippen molar-refractivity contribution in [1.82, 2.24) is 0 Å². The average Bonchev–Trinajstić information content (AvgIpc) is 2.94. The first-order valence-electron chi connectivity index (χ1n) is 13.8. The summed E-state index contributed by atoms with van der Waals surface area (Å²) in [6.45, 7) is 13.2. The van der Waals surface area contributed by atoms with Crippen molar-refractivity contribution in [3.05, 3.63) is 54.6 Å². The van der Waals surface area contributed by atoms with Crippen molar-refractivity contribution in [2.75, 3.05) is 39.6 Å². The highest BCUT2D eigenvalue weighted by atomic mass is 32.3. The highest BCUT2D eigenvalue weighted by Gasteiger charge is 2.46. The lowest BCUT2D eigenvalue weighted by Gasteiger charge is -2.41. The molecule has 0 unspecified atom stereocenters. The standard InChI is InChI=1S/C31H40O9S/c1-7-34-22-18-25(36-9-3)29(26(19-22)37-10-4)41(40-31(32)33,24-16-14-13-15-17-24)30-27(38-11-5)20-23(35-8-2)21-28(30)39-12-6/h13-21H,7-12H2,1-6H3,(H,32,33). The first-order valence-corrected chi connectivity index (χ1v) is 15.4. The lowest BCUT2D eigenvalue weighted by Crippen LogP contribution is -2.17. The molecule has 224 valence electrons. The molecule has 3 aromatic carbocycles. The van der Waals surface area contributed by atoms with Crippen LogP contribution in [0.4, 0.5) is 4.79 Å². The average molecular weight is 589 g/mol. The zero-order valence-electron chi connectivity index (χ0n) is 24.6. The van der Waals surface area contributed by atoms with E-state index >= 15 is 0 Å². The Balaban J connectivity index is 2.66. The lowest BCUT2D eigenvalue weighted by molar-refractivity contribution is 0.149. The molecule has 10 heteroatoms. The van der Waals surface area contributed by atoms with Gasteiger partial charge in [-0.05, 0) is 53.7 Å². The van der Waals surface area contributed by atoms with Gasteiger partial charge in [0.25, 0.3) is 0 Å². The molecule has 0 spiro atoms. The summed E-state index contributed by atoms with van der Waals surface area (Å²) in [5.41, 5.74) is 0. The zero-order chi connectivity index (χ0) is 29.8. The number of ether oxygens (including phenoxy) is 6. The Kier molecular flexibility index (Phi) is 11.7. The molecule has 0 aromatic heterocycles. The molecular weight excluding hydrogens is 548 g/mol. The second kappa shape index (κ2) is 15.2. The highest BCUT2D eigenvalue weighted by molar-refractivity contribution is 8.30. The Hall–Kier alpha value is -3.92. The second-order valence-electron chi connectivity index (χ2n) is 8.31. The van der Waals surface area contributed by atoms with Crippen LogP contribution < -0.4 is 28.4 Å². The second-order valence-corrected chi connectivity index (χ2v) is 10.9. The van der Waals surface area contributed by atoms with Crippen molar-refractivity contribution < 1.29 is 42.5 Å². The quantitative estimate of drug-likeness (QED) is 0.178. The fourth-order valence-electron chi connectivity index (χ4n) is 4.41. The Morgan fingerprint density at radius 3 is 1.22 bits per heavy atom. The van der Waals surface area contributed by atoms with Crippen LogP contribution in [0.25, 0.3) is 0 Å². The number of hydrogen-bond donors (Lipinski definition) is 1. The van der Waals surface area contributed by atoms with Gasteiger partial charge < -0.3 is 37.7 Å². The van der Waals surface area contributed by atoms with Gasteiger partial charge in [0.05, 0.1) is 39.6 Å². The molecule has 0 saturated carbocycles. The minimum absolute atomic E-state index is 0.297. The van der Waals surface area contributed by atoms with Crippen LogP contribution in [0.15, 0.2) is 69.3 Å². The maximum absolute atomic E-state index is 12.7. The molecule has 0 aliphatic carbocycles. The third-order valence-electron chi connectivity index (χ3n) is 5.66. The van der Waals surface area contributed by atoms with E-state index in [1.54, 1.807) is 24.3 Å². The van der Waals surface area contributed by atoms with Crippen LogP contribution >= 0.6 is 10.3 Å². The Morgan fingerprint density at radius 1 is 0.585 bits per heavy atom. The van der Waals surface area contributed by atoms with E-state index in [4.69, 9.17) is 32.6 Å². The van der Waals surface area contributed by atoms with Crippen LogP contribution in [-0.2, 0) is 4.18 Å². The summed E-state index contributed by atoms with van der Waals surface area (Å²) in [5, 5.41) is 10.4. The van der Waals surface area contributed by atoms with Crippen molar-refractivity contribution >= 4 is 16.5 Å². The molecule has 0 aliphatic heterocycles. The topological polar surface area (TPSA) is 102 Å². The summed E-state index contributed by atoms with van der Waals surface area (Å²) in [4.78, 5) is 14.1. The Bertz CT molecular complexity index is 1160. The molecule has 0 radical (unpaired) electrons. The molecule has 3 aromatic rings. The molecule has 0 atom stereocenters. The molecule has 9 nitrogen and oxygen atoms in total. The van der Waals surface area contributed by atoms with E-state index in [-0.39, 0.29) is 0 Å². The monoisotopic (exact) mass is 588 g/mol. The van der Waals surface area contributed by atoms with E-state index in [0.29, 0.717) is 88.8 Å². The molecule has 0 saturated heterocycles. The van der Waals surface area contributed by atoms with Crippen molar-refractivity contribution in [2.24, 2.45) is 0 Å². The molecule has 3 rings (SSSR count). The Labute approximate surface area is 243 Å². The summed E-state index contributed by atoms with van der Waals surface area (Å²) in [6, 6.07) is 16.1. The first kappa shape index (κ1) is 31.6. The molecular formula is C31H40O9S. The van der Waals surface area contributed by atoms with E-state index in [2.05, 4.69) is 0 Å². The number of carbonyl (C=O) groups is 1. The fraction of sp³-hybridized carbons (Fsp3) is 0.387. The summed E-state index contributed by atoms with van der Waals surface area (Å²) < 4.78 is 42.5. The van der Waals surface area contributed by atoms with E-state index in [0.717, 1.165) is 0 Å². The van der Waals surface area contributed by atoms with Crippen molar-refractivity contribution in [3.8, 4) is 34.5 Å². The van der Waals surface area contributed by atoms with E-state index in [9.17, 15) is 9.90 Å². The Morgan fingerprint density at radius 2 is 0.927 bits per heavy atom. The van der Waals surface area contributed by atoms with Crippen LogP contribution in [0, 0.1) is 0 Å². The molecule has 0 heterocycles. The number of carboxylic acid groups (broad SMARTS) is 1. The smallest absolute Gasteiger partial charge is 0.494 e. The van der Waals surface area contributed by atoms with Crippen LogP contribution in [0.3, 0.4) is 0 Å². The van der Waals surface area contributed by atoms with Gasteiger partial charge in [-0.1, -0.05) is 18.2 Å². The molecule has 0 aliphatic rings. The number of benzene rings is 3. The van der Waals surface area contributed by atoms with Gasteiger partial charge in [0.2, 0.25) is 0 Å². The minimum Gasteiger partial charge on any atom is -0.494 e. The largest absolute Gasteiger partial charge is 0.517 e. The molecule has 1 N–H and O–H groups in total. The molecule has 41 heavy (non-hydrogen) atoms. The molecule has 0 amide bonds. The molecule has 0 bridgehead atoms. The summed E-state index contributed by atoms with van der Waals surface area (Å²) in [7, 11) is -3.22. The van der Waals surface area contributed by atoms with Gasteiger partial charge in [-0.3, -0.25) is 0 Å². The highest BCUT2D eigenvalue weighted by Crippen LogP contribution is 2.77. The summed E-state index contributed by atoms with van der Waals surface area (Å²) in [6.07, 6.45) is -1.48. The van der Waals surface area contributed by atoms with E-state index < -0.39 is 16.5 Å². The predicted molar refractivity (Wildman–Crippen MR) is 158 cm³/mol. The maximum Gasteiger partial charge on any atom is 0.517 e. The number of rotatable bonds is 16. The van der Waals surface area contributed by atoms with Crippen LogP contribution in [-0.4, -0.2) is 50.9 Å². The van der Waals surface area contributed by atoms with Crippen LogP contribution in [0.5, 0.6) is 34.5 Å².